The van der Waals surface area contributed by atoms with E-state index in [4.69, 9.17) is 0 Å². The fourth-order valence-electron chi connectivity index (χ4n) is 2.80. The predicted molar refractivity (Wildman–Crippen MR) is 107 cm³/mol. The molecule has 1 amide bonds. The first-order valence-electron chi connectivity index (χ1n) is 8.41. The van der Waals surface area contributed by atoms with Crippen LogP contribution in [0.5, 0.6) is 0 Å². The maximum atomic E-state index is 12.5. The molecule has 3 rings (SSSR count). The molecule has 1 aromatic heterocycles. The number of fused-ring (bicyclic) bond motifs is 1. The van der Waals surface area contributed by atoms with Gasteiger partial charge in [0.15, 0.2) is 4.80 Å². The van der Waals surface area contributed by atoms with Crippen LogP contribution >= 0.6 is 11.3 Å². The van der Waals surface area contributed by atoms with Crippen LogP contribution in [-0.4, -0.2) is 15.4 Å². The maximum absolute atomic E-state index is 12.5. The summed E-state index contributed by atoms with van der Waals surface area (Å²) in [7, 11) is 0. The summed E-state index contributed by atoms with van der Waals surface area (Å²) in [6, 6.07) is 10.6. The molecule has 0 radical (unpaired) electrons. The van der Waals surface area contributed by atoms with Gasteiger partial charge in [-0.1, -0.05) is 35.6 Å². The van der Waals surface area contributed by atoms with Crippen LogP contribution in [0.4, 0.5) is 5.69 Å². The highest BCUT2D eigenvalue weighted by Crippen LogP contribution is 2.23. The van der Waals surface area contributed by atoms with E-state index in [1.54, 1.807) is 16.7 Å². The Kier molecular flexibility index (Phi) is 5.32. The van der Waals surface area contributed by atoms with Crippen molar-refractivity contribution in [3.8, 4) is 0 Å². The number of amides is 1. The fraction of sp³-hybridized carbons (Fsp3) is 0.200. The number of thiazole rings is 1. The molecule has 0 atom stereocenters. The molecule has 0 N–H and O–H groups in total. The third kappa shape index (κ3) is 4.03. The van der Waals surface area contributed by atoms with Crippen molar-refractivity contribution in [3.63, 3.8) is 0 Å². The van der Waals surface area contributed by atoms with E-state index in [0.29, 0.717) is 16.9 Å². The van der Waals surface area contributed by atoms with Crippen molar-refractivity contribution < 1.29 is 9.72 Å². The first kappa shape index (κ1) is 18.7. The minimum Gasteiger partial charge on any atom is -0.312 e. The number of hydrogen-bond donors (Lipinski definition) is 0. The minimum absolute atomic E-state index is 0.00567. The molecule has 3 aromatic rings. The number of nitro benzene ring substituents is 1. The van der Waals surface area contributed by atoms with E-state index < -0.39 is 4.92 Å². The molecule has 0 spiro atoms. The van der Waals surface area contributed by atoms with Crippen molar-refractivity contribution in [1.82, 2.24) is 4.57 Å². The van der Waals surface area contributed by atoms with Gasteiger partial charge < -0.3 is 4.57 Å². The van der Waals surface area contributed by atoms with E-state index in [1.165, 1.54) is 29.0 Å². The van der Waals surface area contributed by atoms with Crippen molar-refractivity contribution in [3.05, 3.63) is 80.7 Å². The Hall–Kier alpha value is -3.06. The predicted octanol–water partition coefficient (Wildman–Crippen LogP) is 4.08. The van der Waals surface area contributed by atoms with Gasteiger partial charge in [0, 0.05) is 18.7 Å². The van der Waals surface area contributed by atoms with Crippen LogP contribution < -0.4 is 4.80 Å². The monoisotopic (exact) mass is 381 g/mol. The third-order valence-corrected chi connectivity index (χ3v) is 5.39. The van der Waals surface area contributed by atoms with Gasteiger partial charge in [-0.25, -0.2) is 0 Å². The highest BCUT2D eigenvalue weighted by atomic mass is 32.1. The zero-order valence-corrected chi connectivity index (χ0v) is 16.0. The Bertz CT molecular complexity index is 1130. The van der Waals surface area contributed by atoms with Gasteiger partial charge in [-0.15, -0.1) is 6.58 Å². The second kappa shape index (κ2) is 7.67. The molecule has 0 fully saturated rings. The van der Waals surface area contributed by atoms with Gasteiger partial charge in [0.05, 0.1) is 21.6 Å². The summed E-state index contributed by atoms with van der Waals surface area (Å²) in [5, 5.41) is 11.1. The molecule has 0 aliphatic carbocycles. The number of benzene rings is 2. The van der Waals surface area contributed by atoms with E-state index in [0.717, 1.165) is 15.8 Å². The zero-order valence-electron chi connectivity index (χ0n) is 15.1. The van der Waals surface area contributed by atoms with Crippen molar-refractivity contribution in [2.45, 2.75) is 26.8 Å². The van der Waals surface area contributed by atoms with Crippen LogP contribution in [0.1, 0.15) is 16.7 Å². The molecule has 2 aromatic carbocycles. The standard InChI is InChI=1S/C20H19N3O3S/c1-4-9-22-17-12-16(23(25)26)7-8-18(17)27-20(22)21-19(24)11-15-6-5-13(2)14(3)10-15/h4-8,10,12H,1,9,11H2,2-3H3. The summed E-state index contributed by atoms with van der Waals surface area (Å²) < 4.78 is 2.61. The van der Waals surface area contributed by atoms with Gasteiger partial charge in [0.25, 0.3) is 11.6 Å². The van der Waals surface area contributed by atoms with Gasteiger partial charge in [0.2, 0.25) is 0 Å². The number of allylic oxidation sites excluding steroid dienone is 1. The maximum Gasteiger partial charge on any atom is 0.271 e. The van der Waals surface area contributed by atoms with Gasteiger partial charge >= 0.3 is 0 Å². The quantitative estimate of drug-likeness (QED) is 0.379. The summed E-state index contributed by atoms with van der Waals surface area (Å²) in [5.41, 5.74) is 3.91. The molecule has 1 heterocycles. The lowest BCUT2D eigenvalue weighted by molar-refractivity contribution is -0.384. The van der Waals surface area contributed by atoms with Crippen LogP contribution in [0.25, 0.3) is 10.2 Å². The van der Waals surface area contributed by atoms with Gasteiger partial charge in [-0.3, -0.25) is 14.9 Å². The van der Waals surface area contributed by atoms with Crippen molar-refractivity contribution >= 4 is 33.1 Å². The molecule has 0 saturated heterocycles. The summed E-state index contributed by atoms with van der Waals surface area (Å²) in [6.45, 7) is 8.18. The molecule has 7 heteroatoms. The van der Waals surface area contributed by atoms with Gasteiger partial charge in [-0.2, -0.15) is 4.99 Å². The molecular formula is C20H19N3O3S. The second-order valence-electron chi connectivity index (χ2n) is 6.29. The van der Waals surface area contributed by atoms with Crippen molar-refractivity contribution in [1.29, 1.82) is 0 Å². The summed E-state index contributed by atoms with van der Waals surface area (Å²) in [6.07, 6.45) is 1.89. The number of aromatic nitrogens is 1. The van der Waals surface area contributed by atoms with E-state index >= 15 is 0 Å². The number of aryl methyl sites for hydroxylation is 2. The average Bonchev–Trinajstić information content (AvgIpc) is 2.95. The lowest BCUT2D eigenvalue weighted by Crippen LogP contribution is -2.17. The van der Waals surface area contributed by atoms with Gasteiger partial charge in [-0.05, 0) is 36.6 Å². The second-order valence-corrected chi connectivity index (χ2v) is 7.30. The Morgan fingerprint density at radius 3 is 2.70 bits per heavy atom. The Labute approximate surface area is 160 Å². The molecule has 138 valence electrons. The number of hydrogen-bond acceptors (Lipinski definition) is 4. The Morgan fingerprint density at radius 2 is 2.04 bits per heavy atom. The number of nitro groups is 1. The largest absolute Gasteiger partial charge is 0.312 e. The highest BCUT2D eigenvalue weighted by Gasteiger charge is 2.12. The molecule has 0 aliphatic rings. The lowest BCUT2D eigenvalue weighted by atomic mass is 10.0. The summed E-state index contributed by atoms with van der Waals surface area (Å²) in [5.74, 6) is -0.253. The van der Waals surface area contributed by atoms with E-state index in [1.807, 2.05) is 32.0 Å². The van der Waals surface area contributed by atoms with Crippen LogP contribution in [-0.2, 0) is 17.8 Å². The topological polar surface area (TPSA) is 77.5 Å². The molecule has 27 heavy (non-hydrogen) atoms. The lowest BCUT2D eigenvalue weighted by Gasteiger charge is -2.03. The molecule has 6 nitrogen and oxygen atoms in total. The van der Waals surface area contributed by atoms with Crippen LogP contribution in [0.15, 0.2) is 54.0 Å². The number of rotatable bonds is 5. The number of carbonyl (C=O) groups excluding carboxylic acids is 1. The molecule has 0 unspecified atom stereocenters. The van der Waals surface area contributed by atoms with Gasteiger partial charge in [0.1, 0.15) is 0 Å². The number of nitrogens with zero attached hydrogens (tertiary/aromatic N) is 3. The Balaban J connectivity index is 2.01. The third-order valence-electron chi connectivity index (χ3n) is 4.33. The zero-order chi connectivity index (χ0) is 19.6. The van der Waals surface area contributed by atoms with E-state index in [-0.39, 0.29) is 18.0 Å². The van der Waals surface area contributed by atoms with E-state index in [2.05, 4.69) is 11.6 Å². The molecule has 0 aliphatic heterocycles. The van der Waals surface area contributed by atoms with E-state index in [9.17, 15) is 14.9 Å². The number of carbonyl (C=O) groups is 1. The van der Waals surface area contributed by atoms with Crippen molar-refractivity contribution in [2.75, 3.05) is 0 Å². The molecule has 0 saturated carbocycles. The van der Waals surface area contributed by atoms with Crippen molar-refractivity contribution in [2.24, 2.45) is 4.99 Å². The molecule has 0 bridgehead atoms. The molecular weight excluding hydrogens is 362 g/mol. The smallest absolute Gasteiger partial charge is 0.271 e. The van der Waals surface area contributed by atoms with Crippen LogP contribution in [0.3, 0.4) is 0 Å². The highest BCUT2D eigenvalue weighted by molar-refractivity contribution is 7.16. The SMILES string of the molecule is C=CCn1c(=NC(=O)Cc2ccc(C)c(C)c2)sc2ccc([N+](=O)[O-])cc21. The first-order chi connectivity index (χ1) is 12.9. The normalized spacial score (nSPS) is 11.7. The van der Waals surface area contributed by atoms with Crippen LogP contribution in [0.2, 0.25) is 0 Å². The summed E-state index contributed by atoms with van der Waals surface area (Å²) >= 11 is 1.33. The fourth-order valence-corrected chi connectivity index (χ4v) is 3.83. The van der Waals surface area contributed by atoms with Crippen LogP contribution in [0, 0.1) is 24.0 Å². The average molecular weight is 381 g/mol. The number of non-ortho nitro benzene ring substituents is 1. The first-order valence-corrected chi connectivity index (χ1v) is 9.23. The minimum atomic E-state index is -0.433. The Morgan fingerprint density at radius 1 is 1.26 bits per heavy atom. The summed E-state index contributed by atoms with van der Waals surface area (Å²) in [4.78, 5) is 27.9.